The van der Waals surface area contributed by atoms with Crippen LogP contribution in [0, 0.1) is 19.8 Å². The standard InChI is InChI=1S/C27H32N2O2/c1-18(2)14-25-24(16-28)27(22-12-10-19(3)11-13-22)23(20(4)29-25)15-26(30)31-17-21-8-6-5-7-9-21/h5-13,18H,14-17,28H2,1-4H3. The van der Waals surface area contributed by atoms with Gasteiger partial charge >= 0.3 is 5.97 Å². The predicted molar refractivity (Wildman–Crippen MR) is 126 cm³/mol. The van der Waals surface area contributed by atoms with E-state index in [4.69, 9.17) is 15.5 Å². The van der Waals surface area contributed by atoms with E-state index in [0.29, 0.717) is 12.5 Å². The summed E-state index contributed by atoms with van der Waals surface area (Å²) < 4.78 is 5.57. The quantitative estimate of drug-likeness (QED) is 0.506. The molecule has 4 nitrogen and oxygen atoms in total. The van der Waals surface area contributed by atoms with E-state index in [-0.39, 0.29) is 19.0 Å². The Morgan fingerprint density at radius 3 is 2.29 bits per heavy atom. The molecule has 162 valence electrons. The molecule has 0 atom stereocenters. The molecule has 3 rings (SSSR count). The van der Waals surface area contributed by atoms with Gasteiger partial charge in [-0.1, -0.05) is 74.0 Å². The first-order valence-corrected chi connectivity index (χ1v) is 10.9. The van der Waals surface area contributed by atoms with E-state index < -0.39 is 0 Å². The number of aromatic nitrogens is 1. The SMILES string of the molecule is Cc1ccc(-c2c(CC(=O)OCc3ccccc3)c(C)nc(CC(C)C)c2CN)cc1. The van der Waals surface area contributed by atoms with Gasteiger partial charge in [0.15, 0.2) is 0 Å². The van der Waals surface area contributed by atoms with Crippen LogP contribution in [0.4, 0.5) is 0 Å². The summed E-state index contributed by atoms with van der Waals surface area (Å²) in [5, 5.41) is 0. The summed E-state index contributed by atoms with van der Waals surface area (Å²) >= 11 is 0. The Kier molecular flexibility index (Phi) is 7.59. The predicted octanol–water partition coefficient (Wildman–Crippen LogP) is 5.31. The number of benzene rings is 2. The molecule has 0 amide bonds. The first kappa shape index (κ1) is 22.7. The highest BCUT2D eigenvalue weighted by atomic mass is 16.5. The van der Waals surface area contributed by atoms with Gasteiger partial charge in [-0.05, 0) is 54.0 Å². The van der Waals surface area contributed by atoms with Crippen LogP contribution in [0.3, 0.4) is 0 Å². The van der Waals surface area contributed by atoms with Crippen LogP contribution < -0.4 is 5.73 Å². The van der Waals surface area contributed by atoms with Gasteiger partial charge in [0.1, 0.15) is 6.61 Å². The van der Waals surface area contributed by atoms with E-state index in [1.807, 2.05) is 37.3 Å². The van der Waals surface area contributed by atoms with Crippen molar-refractivity contribution in [1.82, 2.24) is 4.98 Å². The van der Waals surface area contributed by atoms with Crippen molar-refractivity contribution >= 4 is 5.97 Å². The third-order valence-electron chi connectivity index (χ3n) is 5.40. The van der Waals surface area contributed by atoms with E-state index in [9.17, 15) is 4.79 Å². The summed E-state index contributed by atoms with van der Waals surface area (Å²) in [6.45, 7) is 9.04. The number of nitrogens with two attached hydrogens (primary N) is 1. The largest absolute Gasteiger partial charge is 0.461 e. The molecule has 0 aliphatic heterocycles. The Balaban J connectivity index is 1.99. The molecular formula is C27H32N2O2. The minimum Gasteiger partial charge on any atom is -0.461 e. The van der Waals surface area contributed by atoms with Crippen LogP contribution in [0.2, 0.25) is 0 Å². The summed E-state index contributed by atoms with van der Waals surface area (Å²) in [4.78, 5) is 17.6. The maximum absolute atomic E-state index is 12.8. The zero-order valence-electron chi connectivity index (χ0n) is 18.9. The molecule has 0 fully saturated rings. The molecule has 0 bridgehead atoms. The molecule has 4 heteroatoms. The van der Waals surface area contributed by atoms with Crippen molar-refractivity contribution in [3.63, 3.8) is 0 Å². The van der Waals surface area contributed by atoms with Crippen LogP contribution >= 0.6 is 0 Å². The van der Waals surface area contributed by atoms with Crippen molar-refractivity contribution in [2.45, 2.75) is 53.7 Å². The molecule has 31 heavy (non-hydrogen) atoms. The fourth-order valence-corrected chi connectivity index (χ4v) is 3.84. The van der Waals surface area contributed by atoms with Crippen molar-refractivity contribution in [1.29, 1.82) is 0 Å². The number of hydrogen-bond donors (Lipinski definition) is 1. The third-order valence-corrected chi connectivity index (χ3v) is 5.40. The van der Waals surface area contributed by atoms with Gasteiger partial charge in [0.2, 0.25) is 0 Å². The molecule has 1 aromatic heterocycles. The summed E-state index contributed by atoms with van der Waals surface area (Å²) in [6, 6.07) is 18.1. The molecule has 1 heterocycles. The first-order chi connectivity index (χ1) is 14.9. The van der Waals surface area contributed by atoms with Crippen LogP contribution in [0.15, 0.2) is 54.6 Å². The summed E-state index contributed by atoms with van der Waals surface area (Å²) in [6.07, 6.45) is 1.02. The number of rotatable bonds is 8. The van der Waals surface area contributed by atoms with Gasteiger partial charge in [0.25, 0.3) is 0 Å². The van der Waals surface area contributed by atoms with Crippen LogP contribution in [-0.4, -0.2) is 11.0 Å². The smallest absolute Gasteiger partial charge is 0.310 e. The van der Waals surface area contributed by atoms with Gasteiger partial charge < -0.3 is 10.5 Å². The lowest BCUT2D eigenvalue weighted by Crippen LogP contribution is -2.16. The van der Waals surface area contributed by atoms with Crippen LogP contribution in [0.5, 0.6) is 0 Å². The minimum atomic E-state index is -0.262. The maximum atomic E-state index is 12.8. The zero-order chi connectivity index (χ0) is 22.4. The number of carbonyl (C=O) groups excluding carboxylic acids is 1. The van der Waals surface area contributed by atoms with E-state index in [0.717, 1.165) is 45.6 Å². The highest BCUT2D eigenvalue weighted by Crippen LogP contribution is 2.33. The lowest BCUT2D eigenvalue weighted by Gasteiger charge is -2.21. The molecule has 2 N–H and O–H groups in total. The van der Waals surface area contributed by atoms with E-state index in [1.165, 1.54) is 5.56 Å². The summed E-state index contributed by atoms with van der Waals surface area (Å²) in [5.41, 5.74) is 14.3. The molecule has 3 aromatic rings. The number of nitrogens with zero attached hydrogens (tertiary/aromatic N) is 1. The average Bonchev–Trinajstić information content (AvgIpc) is 2.75. The van der Waals surface area contributed by atoms with Crippen molar-refractivity contribution in [3.8, 4) is 11.1 Å². The van der Waals surface area contributed by atoms with Crippen molar-refractivity contribution in [2.75, 3.05) is 0 Å². The maximum Gasteiger partial charge on any atom is 0.310 e. The second-order valence-electron chi connectivity index (χ2n) is 8.47. The molecule has 0 spiro atoms. The number of aryl methyl sites for hydroxylation is 2. The zero-order valence-corrected chi connectivity index (χ0v) is 18.9. The molecule has 0 aliphatic rings. The molecular weight excluding hydrogens is 384 g/mol. The van der Waals surface area contributed by atoms with Crippen molar-refractivity contribution in [2.24, 2.45) is 11.7 Å². The molecule has 0 saturated heterocycles. The first-order valence-electron chi connectivity index (χ1n) is 10.9. The fourth-order valence-electron chi connectivity index (χ4n) is 3.84. The van der Waals surface area contributed by atoms with E-state index >= 15 is 0 Å². The number of carbonyl (C=O) groups is 1. The second-order valence-corrected chi connectivity index (χ2v) is 8.47. The van der Waals surface area contributed by atoms with Crippen molar-refractivity contribution in [3.05, 3.63) is 88.2 Å². The van der Waals surface area contributed by atoms with Gasteiger partial charge in [-0.15, -0.1) is 0 Å². The van der Waals surface area contributed by atoms with Gasteiger partial charge in [-0.25, -0.2) is 0 Å². The summed E-state index contributed by atoms with van der Waals surface area (Å²) in [5.74, 6) is 0.200. The lowest BCUT2D eigenvalue weighted by atomic mass is 9.88. The van der Waals surface area contributed by atoms with Crippen LogP contribution in [0.1, 0.15) is 47.5 Å². The van der Waals surface area contributed by atoms with Gasteiger partial charge in [-0.2, -0.15) is 0 Å². The Labute approximate surface area is 185 Å². The van der Waals surface area contributed by atoms with E-state index in [1.54, 1.807) is 0 Å². The molecule has 0 unspecified atom stereocenters. The lowest BCUT2D eigenvalue weighted by molar-refractivity contribution is -0.144. The normalized spacial score (nSPS) is 11.0. The van der Waals surface area contributed by atoms with Crippen LogP contribution in [-0.2, 0) is 35.5 Å². The van der Waals surface area contributed by atoms with Gasteiger partial charge in [0, 0.05) is 17.9 Å². The summed E-state index contributed by atoms with van der Waals surface area (Å²) in [7, 11) is 0. The molecule has 0 radical (unpaired) electrons. The minimum absolute atomic E-state index is 0.170. The van der Waals surface area contributed by atoms with E-state index in [2.05, 4.69) is 45.0 Å². The average molecular weight is 417 g/mol. The third kappa shape index (κ3) is 5.80. The second kappa shape index (κ2) is 10.4. The fraction of sp³-hybridized carbons (Fsp3) is 0.333. The Hall–Kier alpha value is -2.98. The Morgan fingerprint density at radius 1 is 1.00 bits per heavy atom. The van der Waals surface area contributed by atoms with Gasteiger partial charge in [0.05, 0.1) is 6.42 Å². The highest BCUT2D eigenvalue weighted by Gasteiger charge is 2.21. The topological polar surface area (TPSA) is 65.2 Å². The van der Waals surface area contributed by atoms with Gasteiger partial charge in [-0.3, -0.25) is 9.78 Å². The molecule has 0 aliphatic carbocycles. The van der Waals surface area contributed by atoms with Crippen LogP contribution in [0.25, 0.3) is 11.1 Å². The number of pyridine rings is 1. The molecule has 0 saturated carbocycles. The Morgan fingerprint density at radius 2 is 1.68 bits per heavy atom. The number of esters is 1. The monoisotopic (exact) mass is 416 g/mol. The van der Waals surface area contributed by atoms with Crippen molar-refractivity contribution < 1.29 is 9.53 Å². The Bertz CT molecular complexity index is 1030. The molecule has 2 aromatic carbocycles. The number of hydrogen-bond acceptors (Lipinski definition) is 4. The highest BCUT2D eigenvalue weighted by molar-refractivity contribution is 5.80. The number of ether oxygens (including phenoxy) is 1.